The fourth-order valence-corrected chi connectivity index (χ4v) is 3.77. The van der Waals surface area contributed by atoms with Gasteiger partial charge in [-0.05, 0) is 40.9 Å². The number of fused-ring (bicyclic) bond motifs is 1. The van der Waals surface area contributed by atoms with Gasteiger partial charge in [-0.3, -0.25) is 0 Å². The molecule has 0 aliphatic heterocycles. The molecule has 0 nitrogen and oxygen atoms in total. The van der Waals surface area contributed by atoms with Crippen LogP contribution in [0.2, 0.25) is 0 Å². The van der Waals surface area contributed by atoms with Crippen molar-refractivity contribution in [1.82, 2.24) is 0 Å². The van der Waals surface area contributed by atoms with Crippen LogP contribution < -0.4 is 0 Å². The quantitative estimate of drug-likeness (QED) is 0.658. The minimum atomic E-state index is 0.905. The Labute approximate surface area is 98.2 Å². The van der Waals surface area contributed by atoms with Gasteiger partial charge in [0.1, 0.15) is 0 Å². The summed E-state index contributed by atoms with van der Waals surface area (Å²) in [5, 5.41) is 4.41. The monoisotopic (exact) mass is 318 g/mol. The number of alkyl halides is 1. The molecule has 0 atom stereocenters. The molecule has 3 heteroatoms. The molecule has 0 aliphatic carbocycles. The van der Waals surface area contributed by atoms with Crippen molar-refractivity contribution in [3.63, 3.8) is 0 Å². The van der Waals surface area contributed by atoms with E-state index >= 15 is 0 Å². The number of hydrogen-bond acceptors (Lipinski definition) is 1. The van der Waals surface area contributed by atoms with E-state index in [4.69, 9.17) is 0 Å². The molecule has 0 fully saturated rings. The summed E-state index contributed by atoms with van der Waals surface area (Å²) in [6, 6.07) is 4.41. The highest BCUT2D eigenvalue weighted by molar-refractivity contribution is 9.10. The third-order valence-corrected chi connectivity index (χ3v) is 4.64. The number of benzene rings is 1. The summed E-state index contributed by atoms with van der Waals surface area (Å²) in [5.41, 5.74) is 2.67. The first kappa shape index (κ1) is 9.69. The van der Waals surface area contributed by atoms with Crippen molar-refractivity contribution in [2.24, 2.45) is 0 Å². The van der Waals surface area contributed by atoms with Crippen molar-refractivity contribution in [1.29, 1.82) is 0 Å². The first-order valence-electron chi connectivity index (χ1n) is 3.95. The zero-order valence-electron chi connectivity index (χ0n) is 7.10. The highest BCUT2D eigenvalue weighted by Crippen LogP contribution is 2.34. The molecule has 0 bridgehead atoms. The van der Waals surface area contributed by atoms with E-state index in [1.165, 1.54) is 25.7 Å². The third kappa shape index (κ3) is 1.58. The second-order valence-corrected chi connectivity index (χ2v) is 5.25. The third-order valence-electron chi connectivity index (χ3n) is 2.11. The summed E-state index contributed by atoms with van der Waals surface area (Å²) in [5.74, 6) is 0. The van der Waals surface area contributed by atoms with Gasteiger partial charge in [0.15, 0.2) is 0 Å². The molecule has 0 N–H and O–H groups in total. The highest BCUT2D eigenvalue weighted by atomic mass is 79.9. The Hall–Kier alpha value is 0.140. The van der Waals surface area contributed by atoms with E-state index in [0.29, 0.717) is 0 Å². The largest absolute Gasteiger partial charge is 0.144 e. The predicted molar refractivity (Wildman–Crippen MR) is 66.9 cm³/mol. The lowest BCUT2D eigenvalue weighted by molar-refractivity contribution is 1.37. The molecule has 0 aliphatic rings. The summed E-state index contributed by atoms with van der Waals surface area (Å²) in [6.45, 7) is 2.13. The Balaban J connectivity index is 2.87. The van der Waals surface area contributed by atoms with Crippen LogP contribution in [0.3, 0.4) is 0 Å². The molecule has 13 heavy (non-hydrogen) atoms. The molecule has 1 heterocycles. The Bertz CT molecular complexity index is 445. The molecule has 0 saturated heterocycles. The summed E-state index contributed by atoms with van der Waals surface area (Å²) in [7, 11) is 0. The van der Waals surface area contributed by atoms with Gasteiger partial charge in [-0.25, -0.2) is 0 Å². The Morgan fingerprint density at radius 2 is 2.23 bits per heavy atom. The average Bonchev–Trinajstić information content (AvgIpc) is 2.54. The fraction of sp³-hybridized carbons (Fsp3) is 0.200. The smallest absolute Gasteiger partial charge is 0.0349 e. The normalized spacial score (nSPS) is 11.0. The van der Waals surface area contributed by atoms with Gasteiger partial charge in [-0.2, -0.15) is 0 Å². The average molecular weight is 320 g/mol. The van der Waals surface area contributed by atoms with Gasteiger partial charge >= 0.3 is 0 Å². The van der Waals surface area contributed by atoms with Gasteiger partial charge < -0.3 is 0 Å². The molecule has 0 radical (unpaired) electrons. The topological polar surface area (TPSA) is 0 Å². The number of halogens is 2. The summed E-state index contributed by atoms with van der Waals surface area (Å²) in [6.07, 6.45) is 0. The Kier molecular flexibility index (Phi) is 2.77. The molecule has 1 aromatic carbocycles. The van der Waals surface area contributed by atoms with Crippen molar-refractivity contribution in [2.75, 3.05) is 0 Å². The van der Waals surface area contributed by atoms with E-state index in [-0.39, 0.29) is 0 Å². The van der Waals surface area contributed by atoms with Crippen LogP contribution in [-0.2, 0) is 5.33 Å². The van der Waals surface area contributed by atoms with Crippen molar-refractivity contribution in [3.8, 4) is 0 Å². The molecule has 2 rings (SSSR count). The molecular weight excluding hydrogens is 312 g/mol. The molecule has 1 aromatic heterocycles. The van der Waals surface area contributed by atoms with Gasteiger partial charge in [-0.1, -0.05) is 31.9 Å². The maximum atomic E-state index is 3.62. The minimum absolute atomic E-state index is 0.905. The second kappa shape index (κ2) is 3.71. The number of rotatable bonds is 1. The van der Waals surface area contributed by atoms with E-state index in [2.05, 4.69) is 56.3 Å². The lowest BCUT2D eigenvalue weighted by Gasteiger charge is -2.05. The second-order valence-electron chi connectivity index (χ2n) is 2.95. The van der Waals surface area contributed by atoms with Gasteiger partial charge in [0, 0.05) is 14.5 Å². The van der Waals surface area contributed by atoms with Crippen LogP contribution in [0, 0.1) is 6.92 Å². The Morgan fingerprint density at radius 3 is 2.92 bits per heavy atom. The van der Waals surface area contributed by atoms with Gasteiger partial charge in [0.2, 0.25) is 0 Å². The molecule has 0 spiro atoms. The molecular formula is C10H8Br2S. The zero-order chi connectivity index (χ0) is 9.42. The molecule has 2 aromatic rings. The highest BCUT2D eigenvalue weighted by Gasteiger charge is 2.08. The minimum Gasteiger partial charge on any atom is -0.144 e. The van der Waals surface area contributed by atoms with E-state index in [1.54, 1.807) is 11.3 Å². The van der Waals surface area contributed by atoms with Gasteiger partial charge in [-0.15, -0.1) is 11.3 Å². The van der Waals surface area contributed by atoms with Crippen LogP contribution >= 0.6 is 43.2 Å². The van der Waals surface area contributed by atoms with Crippen molar-refractivity contribution >= 4 is 53.3 Å². The SMILES string of the molecule is Cc1cc2sccc2c(CBr)c1Br. The van der Waals surface area contributed by atoms with Crippen molar-refractivity contribution in [3.05, 3.63) is 33.1 Å². The lowest BCUT2D eigenvalue weighted by Crippen LogP contribution is -1.85. The number of thiophene rings is 1. The molecule has 0 saturated carbocycles. The van der Waals surface area contributed by atoms with E-state index in [0.717, 1.165) is 5.33 Å². The van der Waals surface area contributed by atoms with Crippen LogP contribution in [0.4, 0.5) is 0 Å². The van der Waals surface area contributed by atoms with Crippen LogP contribution in [0.5, 0.6) is 0 Å². The van der Waals surface area contributed by atoms with Crippen LogP contribution in [0.15, 0.2) is 22.0 Å². The zero-order valence-corrected chi connectivity index (χ0v) is 11.1. The fourth-order valence-electron chi connectivity index (χ4n) is 1.43. The summed E-state index contributed by atoms with van der Waals surface area (Å²) in [4.78, 5) is 0. The maximum Gasteiger partial charge on any atom is 0.0349 e. The van der Waals surface area contributed by atoms with E-state index in [9.17, 15) is 0 Å². The molecule has 0 amide bonds. The van der Waals surface area contributed by atoms with Gasteiger partial charge in [0.05, 0.1) is 0 Å². The first-order chi connectivity index (χ1) is 6.24. The van der Waals surface area contributed by atoms with Crippen LogP contribution in [0.1, 0.15) is 11.1 Å². The predicted octanol–water partition coefficient (Wildman–Crippen LogP) is 4.87. The maximum absolute atomic E-state index is 3.62. The van der Waals surface area contributed by atoms with Crippen LogP contribution in [-0.4, -0.2) is 0 Å². The molecule has 68 valence electrons. The van der Waals surface area contributed by atoms with E-state index in [1.807, 2.05) is 0 Å². The van der Waals surface area contributed by atoms with Crippen LogP contribution in [0.25, 0.3) is 10.1 Å². The summed E-state index contributed by atoms with van der Waals surface area (Å²) < 4.78 is 2.60. The number of aryl methyl sites for hydroxylation is 1. The number of hydrogen-bond donors (Lipinski definition) is 0. The van der Waals surface area contributed by atoms with Crippen molar-refractivity contribution in [2.45, 2.75) is 12.3 Å². The lowest BCUT2D eigenvalue weighted by atomic mass is 10.1. The molecule has 0 unspecified atom stereocenters. The summed E-state index contributed by atoms with van der Waals surface area (Å²) >= 11 is 8.94. The standard InChI is InChI=1S/C10H8Br2S/c1-6-4-9-7(2-3-13-9)8(5-11)10(6)12/h2-4H,5H2,1H3. The Morgan fingerprint density at radius 1 is 1.46 bits per heavy atom. The van der Waals surface area contributed by atoms with Gasteiger partial charge in [0.25, 0.3) is 0 Å². The first-order valence-corrected chi connectivity index (χ1v) is 6.74. The van der Waals surface area contributed by atoms with Crippen molar-refractivity contribution < 1.29 is 0 Å². The van der Waals surface area contributed by atoms with E-state index < -0.39 is 0 Å².